The number of hydrogen-bond donors (Lipinski definition) is 1. The summed E-state index contributed by atoms with van der Waals surface area (Å²) < 4.78 is 14.7. The van der Waals surface area contributed by atoms with E-state index in [0.717, 1.165) is 22.9 Å². The lowest BCUT2D eigenvalue weighted by Gasteiger charge is -2.13. The van der Waals surface area contributed by atoms with Gasteiger partial charge in [0.1, 0.15) is 5.82 Å². The second-order valence-electron chi connectivity index (χ2n) is 6.04. The quantitative estimate of drug-likeness (QED) is 0.644. The van der Waals surface area contributed by atoms with E-state index < -0.39 is 11.1 Å². The van der Waals surface area contributed by atoms with E-state index in [1.165, 1.54) is 23.9 Å². The van der Waals surface area contributed by atoms with Crippen LogP contribution in [0.3, 0.4) is 0 Å². The molecule has 0 aliphatic heterocycles. The van der Waals surface area contributed by atoms with Crippen molar-refractivity contribution < 1.29 is 9.18 Å². The Hall–Kier alpha value is -2.45. The third kappa shape index (κ3) is 4.45. The molecule has 6 nitrogen and oxygen atoms in total. The fourth-order valence-electron chi connectivity index (χ4n) is 2.48. The van der Waals surface area contributed by atoms with Crippen LogP contribution in [-0.2, 0) is 4.79 Å². The molecule has 0 aliphatic rings. The summed E-state index contributed by atoms with van der Waals surface area (Å²) in [4.78, 5) is 12.5. The molecule has 0 spiro atoms. The Morgan fingerprint density at radius 3 is 2.74 bits per heavy atom. The van der Waals surface area contributed by atoms with Gasteiger partial charge < -0.3 is 5.32 Å². The summed E-state index contributed by atoms with van der Waals surface area (Å²) >= 11 is 7.18. The van der Waals surface area contributed by atoms with Gasteiger partial charge in [0.05, 0.1) is 21.6 Å². The number of thioether (sulfide) groups is 1. The molecule has 3 aromatic rings. The first-order valence-corrected chi connectivity index (χ1v) is 9.39. The van der Waals surface area contributed by atoms with Crippen molar-refractivity contribution in [3.05, 3.63) is 58.4 Å². The van der Waals surface area contributed by atoms with E-state index in [1.54, 1.807) is 11.6 Å². The SMILES string of the molecule is Cc1ccc(-n2nnnc2SC(C)C(=O)Nc2ccc(F)cc2Cl)c(C)c1. The van der Waals surface area contributed by atoms with Crippen LogP contribution >= 0.6 is 23.4 Å². The second-order valence-corrected chi connectivity index (χ2v) is 7.75. The zero-order chi connectivity index (χ0) is 19.6. The number of carbonyl (C=O) groups excluding carboxylic acids is 1. The Balaban J connectivity index is 1.76. The van der Waals surface area contributed by atoms with Crippen molar-refractivity contribution in [1.29, 1.82) is 0 Å². The van der Waals surface area contributed by atoms with Crippen molar-refractivity contribution in [1.82, 2.24) is 20.2 Å². The van der Waals surface area contributed by atoms with Crippen molar-refractivity contribution in [2.45, 2.75) is 31.2 Å². The van der Waals surface area contributed by atoms with Gasteiger partial charge in [0.15, 0.2) is 0 Å². The summed E-state index contributed by atoms with van der Waals surface area (Å²) in [6.07, 6.45) is 0. The molecular formula is C18H17ClFN5OS. The minimum atomic E-state index is -0.498. The summed E-state index contributed by atoms with van der Waals surface area (Å²) in [6.45, 7) is 5.72. The van der Waals surface area contributed by atoms with Crippen LogP contribution in [-0.4, -0.2) is 31.4 Å². The Morgan fingerprint density at radius 2 is 2.04 bits per heavy atom. The number of nitrogens with one attached hydrogen (secondary N) is 1. The predicted molar refractivity (Wildman–Crippen MR) is 104 cm³/mol. The maximum atomic E-state index is 13.1. The summed E-state index contributed by atoms with van der Waals surface area (Å²) in [7, 11) is 0. The highest BCUT2D eigenvalue weighted by atomic mass is 35.5. The Labute approximate surface area is 165 Å². The fourth-order valence-corrected chi connectivity index (χ4v) is 3.50. The van der Waals surface area contributed by atoms with E-state index in [1.807, 2.05) is 32.0 Å². The maximum Gasteiger partial charge on any atom is 0.237 e. The highest BCUT2D eigenvalue weighted by molar-refractivity contribution is 8.00. The van der Waals surface area contributed by atoms with Crippen molar-refractivity contribution in [2.24, 2.45) is 0 Å². The van der Waals surface area contributed by atoms with Gasteiger partial charge >= 0.3 is 0 Å². The van der Waals surface area contributed by atoms with Crippen LogP contribution < -0.4 is 5.32 Å². The molecule has 0 aliphatic carbocycles. The monoisotopic (exact) mass is 405 g/mol. The molecule has 1 unspecified atom stereocenters. The topological polar surface area (TPSA) is 72.7 Å². The average Bonchev–Trinajstić information content (AvgIpc) is 3.05. The van der Waals surface area contributed by atoms with E-state index >= 15 is 0 Å². The molecule has 0 fully saturated rings. The Kier molecular flexibility index (Phi) is 5.76. The number of anilines is 1. The molecule has 1 atom stereocenters. The van der Waals surface area contributed by atoms with Gasteiger partial charge in [-0.1, -0.05) is 41.1 Å². The highest BCUT2D eigenvalue weighted by Gasteiger charge is 2.20. The standard InChI is InChI=1S/C18H17ClFN5OS/c1-10-4-7-16(11(2)8-10)25-18(22-23-24-25)27-12(3)17(26)21-15-6-5-13(20)9-14(15)19/h4-9,12H,1-3H3,(H,21,26). The van der Waals surface area contributed by atoms with Gasteiger partial charge in [0, 0.05) is 0 Å². The normalized spacial score (nSPS) is 12.0. The van der Waals surface area contributed by atoms with Crippen LogP contribution in [0.4, 0.5) is 10.1 Å². The van der Waals surface area contributed by atoms with Crippen molar-refractivity contribution in [3.63, 3.8) is 0 Å². The molecule has 1 N–H and O–H groups in total. The van der Waals surface area contributed by atoms with Crippen LogP contribution in [0, 0.1) is 19.7 Å². The lowest BCUT2D eigenvalue weighted by atomic mass is 10.1. The summed E-state index contributed by atoms with van der Waals surface area (Å²) in [5.41, 5.74) is 3.37. The van der Waals surface area contributed by atoms with Crippen molar-refractivity contribution in [2.75, 3.05) is 5.32 Å². The zero-order valence-corrected chi connectivity index (χ0v) is 16.5. The Morgan fingerprint density at radius 1 is 1.26 bits per heavy atom. The van der Waals surface area contributed by atoms with Gasteiger partial charge in [-0.2, -0.15) is 4.68 Å². The molecule has 140 valence electrons. The van der Waals surface area contributed by atoms with Gasteiger partial charge in [0.2, 0.25) is 11.1 Å². The van der Waals surface area contributed by atoms with Crippen LogP contribution in [0.15, 0.2) is 41.6 Å². The first-order chi connectivity index (χ1) is 12.8. The first kappa shape index (κ1) is 19.3. The molecule has 3 rings (SSSR count). The number of nitrogens with zero attached hydrogens (tertiary/aromatic N) is 4. The van der Waals surface area contributed by atoms with E-state index in [-0.39, 0.29) is 10.9 Å². The molecule has 0 radical (unpaired) electrons. The number of benzene rings is 2. The number of halogens is 2. The molecule has 1 amide bonds. The molecule has 0 saturated carbocycles. The van der Waals surface area contributed by atoms with Gasteiger partial charge in [-0.15, -0.1) is 5.10 Å². The number of hydrogen-bond acceptors (Lipinski definition) is 5. The fraction of sp³-hybridized carbons (Fsp3) is 0.222. The summed E-state index contributed by atoms with van der Waals surface area (Å²) in [6, 6.07) is 9.76. The van der Waals surface area contributed by atoms with Gasteiger partial charge in [-0.05, 0) is 61.0 Å². The number of carbonyl (C=O) groups is 1. The lowest BCUT2D eigenvalue weighted by Crippen LogP contribution is -2.23. The van der Waals surface area contributed by atoms with Gasteiger partial charge in [0.25, 0.3) is 0 Å². The maximum absolute atomic E-state index is 13.1. The highest BCUT2D eigenvalue weighted by Crippen LogP contribution is 2.27. The third-order valence-corrected chi connectivity index (χ3v) is 5.21. The van der Waals surface area contributed by atoms with E-state index in [4.69, 9.17) is 11.6 Å². The molecule has 0 bridgehead atoms. The molecule has 1 heterocycles. The molecule has 2 aromatic carbocycles. The number of rotatable bonds is 5. The minimum Gasteiger partial charge on any atom is -0.324 e. The van der Waals surface area contributed by atoms with Crippen molar-refractivity contribution >= 4 is 35.0 Å². The van der Waals surface area contributed by atoms with Crippen LogP contribution in [0.1, 0.15) is 18.1 Å². The molecule has 0 saturated heterocycles. The van der Waals surface area contributed by atoms with E-state index in [0.29, 0.717) is 10.8 Å². The zero-order valence-electron chi connectivity index (χ0n) is 14.9. The molecule has 9 heteroatoms. The summed E-state index contributed by atoms with van der Waals surface area (Å²) in [5.74, 6) is -0.753. The van der Waals surface area contributed by atoms with Gasteiger partial charge in [-0.3, -0.25) is 4.79 Å². The lowest BCUT2D eigenvalue weighted by molar-refractivity contribution is -0.115. The minimum absolute atomic E-state index is 0.140. The van der Waals surface area contributed by atoms with Crippen LogP contribution in [0.2, 0.25) is 5.02 Å². The first-order valence-electron chi connectivity index (χ1n) is 8.13. The number of amides is 1. The average molecular weight is 406 g/mol. The van der Waals surface area contributed by atoms with E-state index in [2.05, 4.69) is 20.8 Å². The summed E-state index contributed by atoms with van der Waals surface area (Å²) in [5, 5.41) is 14.6. The van der Waals surface area contributed by atoms with Crippen LogP contribution in [0.25, 0.3) is 5.69 Å². The molecule has 27 heavy (non-hydrogen) atoms. The molecule has 1 aromatic heterocycles. The second kappa shape index (κ2) is 8.06. The predicted octanol–water partition coefficient (Wildman–Crippen LogP) is 4.19. The smallest absolute Gasteiger partial charge is 0.237 e. The largest absolute Gasteiger partial charge is 0.324 e. The van der Waals surface area contributed by atoms with Crippen LogP contribution in [0.5, 0.6) is 0 Å². The van der Waals surface area contributed by atoms with Crippen molar-refractivity contribution in [3.8, 4) is 5.69 Å². The number of tetrazole rings is 1. The number of aromatic nitrogens is 4. The number of aryl methyl sites for hydroxylation is 2. The van der Waals surface area contributed by atoms with E-state index in [9.17, 15) is 9.18 Å². The van der Waals surface area contributed by atoms with Gasteiger partial charge in [-0.25, -0.2) is 4.39 Å². The Bertz CT molecular complexity index is 994. The molecular weight excluding hydrogens is 389 g/mol. The third-order valence-electron chi connectivity index (χ3n) is 3.86.